The molecule has 0 amide bonds. The van der Waals surface area contributed by atoms with Gasteiger partial charge < -0.3 is 14.2 Å². The lowest BCUT2D eigenvalue weighted by Gasteiger charge is -2.36. The second kappa shape index (κ2) is 8.31. The van der Waals surface area contributed by atoms with E-state index in [4.69, 9.17) is 19.7 Å². The van der Waals surface area contributed by atoms with Gasteiger partial charge in [0.2, 0.25) is 5.60 Å². The minimum Gasteiger partial charge on any atom is -0.475 e. The van der Waals surface area contributed by atoms with Gasteiger partial charge in [-0.1, -0.05) is 5.11 Å². The number of benzene rings is 1. The molecule has 1 aliphatic rings. The molecule has 0 fully saturated rings. The van der Waals surface area contributed by atoms with E-state index in [1.54, 1.807) is 6.92 Å². The topological polar surface area (TPSA) is 111 Å². The predicted molar refractivity (Wildman–Crippen MR) is 98.9 cm³/mol. The molecule has 2 rings (SSSR count). The normalized spacial score (nSPS) is 18.0. The van der Waals surface area contributed by atoms with Crippen molar-refractivity contribution in [2.24, 2.45) is 5.11 Å². The minimum atomic E-state index is -1.09. The van der Waals surface area contributed by atoms with Crippen LogP contribution in [-0.2, 0) is 20.7 Å². The van der Waals surface area contributed by atoms with Crippen molar-refractivity contribution >= 4 is 11.9 Å². The lowest BCUT2D eigenvalue weighted by Crippen LogP contribution is -2.46. The highest BCUT2D eigenvalue weighted by molar-refractivity contribution is 5.80. The molecule has 1 atom stereocenters. The van der Waals surface area contributed by atoms with Crippen LogP contribution in [0.15, 0.2) is 5.11 Å². The van der Waals surface area contributed by atoms with E-state index in [1.165, 1.54) is 6.92 Å². The summed E-state index contributed by atoms with van der Waals surface area (Å²) in [6.07, 6.45) is 1.53. The van der Waals surface area contributed by atoms with E-state index < -0.39 is 11.6 Å². The zero-order valence-corrected chi connectivity index (χ0v) is 16.4. The lowest BCUT2D eigenvalue weighted by atomic mass is 9.87. The summed E-state index contributed by atoms with van der Waals surface area (Å²) in [5, 5.41) is 3.41. The molecular weight excluding hydrogens is 350 g/mol. The molecule has 8 nitrogen and oxygen atoms in total. The Kier molecular flexibility index (Phi) is 6.33. The number of carbonyl (C=O) groups excluding carboxylic acids is 2. The highest BCUT2D eigenvalue weighted by atomic mass is 16.6. The SMILES string of the molecule is CC(=O)Oc1c(C)c(C)c2c(c1C)CCC(C)(C(=O)OCCCN=[N+]=[N-])O2. The average molecular weight is 375 g/mol. The van der Waals surface area contributed by atoms with E-state index in [2.05, 4.69) is 10.0 Å². The quantitative estimate of drug-likeness (QED) is 0.187. The van der Waals surface area contributed by atoms with Gasteiger partial charge in [0.05, 0.1) is 6.61 Å². The van der Waals surface area contributed by atoms with Gasteiger partial charge >= 0.3 is 11.9 Å². The van der Waals surface area contributed by atoms with Crippen LogP contribution >= 0.6 is 0 Å². The number of fused-ring (bicyclic) bond motifs is 1. The standard InChI is InChI=1S/C19H25N3O5/c1-11-12(2)17-15(13(3)16(11)26-14(4)23)7-8-19(5,27-17)18(24)25-10-6-9-21-22-20/h6-10H2,1-5H3. The maximum absolute atomic E-state index is 12.5. The fourth-order valence-electron chi connectivity index (χ4n) is 3.17. The zero-order valence-electron chi connectivity index (χ0n) is 16.4. The van der Waals surface area contributed by atoms with Gasteiger partial charge in [0.1, 0.15) is 11.5 Å². The van der Waals surface area contributed by atoms with E-state index in [0.717, 1.165) is 22.3 Å². The van der Waals surface area contributed by atoms with Crippen LogP contribution in [0.4, 0.5) is 0 Å². The Morgan fingerprint density at radius 1 is 1.26 bits per heavy atom. The van der Waals surface area contributed by atoms with Gasteiger partial charge in [-0.05, 0) is 62.8 Å². The van der Waals surface area contributed by atoms with Crippen LogP contribution in [0.1, 0.15) is 48.9 Å². The molecule has 27 heavy (non-hydrogen) atoms. The van der Waals surface area contributed by atoms with Gasteiger partial charge in [-0.25, -0.2) is 4.79 Å². The summed E-state index contributed by atoms with van der Waals surface area (Å²) < 4.78 is 16.8. The van der Waals surface area contributed by atoms with Crippen LogP contribution in [0.3, 0.4) is 0 Å². The zero-order chi connectivity index (χ0) is 20.2. The molecule has 0 spiro atoms. The number of hydrogen-bond donors (Lipinski definition) is 0. The first-order valence-corrected chi connectivity index (χ1v) is 8.89. The molecule has 1 aromatic carbocycles. The molecule has 1 unspecified atom stereocenters. The third kappa shape index (κ3) is 4.34. The summed E-state index contributed by atoms with van der Waals surface area (Å²) >= 11 is 0. The Morgan fingerprint density at radius 2 is 1.96 bits per heavy atom. The number of azide groups is 1. The first-order valence-electron chi connectivity index (χ1n) is 8.89. The fraction of sp³-hybridized carbons (Fsp3) is 0.579. The van der Waals surface area contributed by atoms with E-state index >= 15 is 0 Å². The third-order valence-corrected chi connectivity index (χ3v) is 4.87. The van der Waals surface area contributed by atoms with Crippen molar-refractivity contribution in [3.63, 3.8) is 0 Å². The van der Waals surface area contributed by atoms with E-state index in [1.807, 2.05) is 20.8 Å². The van der Waals surface area contributed by atoms with Gasteiger partial charge in [0.15, 0.2) is 0 Å². The number of nitrogens with zero attached hydrogens (tertiary/aromatic N) is 3. The van der Waals surface area contributed by atoms with Crippen molar-refractivity contribution in [2.75, 3.05) is 13.2 Å². The van der Waals surface area contributed by atoms with E-state index in [0.29, 0.717) is 30.8 Å². The largest absolute Gasteiger partial charge is 0.475 e. The van der Waals surface area contributed by atoms with Crippen molar-refractivity contribution in [1.29, 1.82) is 0 Å². The Balaban J connectivity index is 2.23. The average Bonchev–Trinajstić information content (AvgIpc) is 2.62. The van der Waals surface area contributed by atoms with Crippen LogP contribution in [0.2, 0.25) is 0 Å². The number of esters is 2. The van der Waals surface area contributed by atoms with Gasteiger partial charge in [0.25, 0.3) is 0 Å². The molecule has 0 radical (unpaired) electrons. The Hall–Kier alpha value is -2.73. The van der Waals surface area contributed by atoms with Crippen molar-refractivity contribution < 1.29 is 23.8 Å². The highest BCUT2D eigenvalue weighted by Crippen LogP contribution is 2.44. The summed E-state index contributed by atoms with van der Waals surface area (Å²) in [6.45, 7) is 9.19. The number of ether oxygens (including phenoxy) is 3. The van der Waals surface area contributed by atoms with Gasteiger partial charge in [-0.2, -0.15) is 0 Å². The van der Waals surface area contributed by atoms with Crippen LogP contribution in [0.5, 0.6) is 11.5 Å². The monoisotopic (exact) mass is 375 g/mol. The first kappa shape index (κ1) is 20.6. The summed E-state index contributed by atoms with van der Waals surface area (Å²) in [4.78, 5) is 26.6. The molecule has 1 aromatic rings. The first-order chi connectivity index (χ1) is 12.7. The van der Waals surface area contributed by atoms with Gasteiger partial charge in [0, 0.05) is 30.4 Å². The number of hydrogen-bond acceptors (Lipinski definition) is 6. The van der Waals surface area contributed by atoms with Gasteiger partial charge in [-0.3, -0.25) is 4.79 Å². The van der Waals surface area contributed by atoms with Crippen molar-refractivity contribution in [3.05, 3.63) is 32.7 Å². The Morgan fingerprint density at radius 3 is 2.59 bits per heavy atom. The van der Waals surface area contributed by atoms with Crippen LogP contribution in [0.25, 0.3) is 10.4 Å². The van der Waals surface area contributed by atoms with Crippen LogP contribution in [-0.4, -0.2) is 30.7 Å². The molecule has 0 aromatic heterocycles. The molecule has 1 heterocycles. The molecular formula is C19H25N3O5. The molecule has 0 bridgehead atoms. The lowest BCUT2D eigenvalue weighted by molar-refractivity contribution is -0.162. The summed E-state index contributed by atoms with van der Waals surface area (Å²) in [6, 6.07) is 0. The summed E-state index contributed by atoms with van der Waals surface area (Å²) in [5.74, 6) is 0.409. The van der Waals surface area contributed by atoms with Crippen molar-refractivity contribution in [1.82, 2.24) is 0 Å². The third-order valence-electron chi connectivity index (χ3n) is 4.87. The molecule has 0 N–H and O–H groups in total. The number of rotatable bonds is 6. The maximum Gasteiger partial charge on any atom is 0.350 e. The molecule has 8 heteroatoms. The molecule has 0 saturated heterocycles. The summed E-state index contributed by atoms with van der Waals surface area (Å²) in [5.41, 5.74) is 10.6. The second-order valence-corrected chi connectivity index (χ2v) is 6.88. The van der Waals surface area contributed by atoms with E-state index in [9.17, 15) is 9.59 Å². The van der Waals surface area contributed by atoms with Crippen molar-refractivity contribution in [2.45, 2.75) is 59.5 Å². The highest BCUT2D eigenvalue weighted by Gasteiger charge is 2.42. The maximum atomic E-state index is 12.5. The van der Waals surface area contributed by atoms with Crippen LogP contribution < -0.4 is 9.47 Å². The Bertz CT molecular complexity index is 814. The fourth-order valence-corrected chi connectivity index (χ4v) is 3.17. The molecule has 0 saturated carbocycles. The smallest absolute Gasteiger partial charge is 0.350 e. The molecule has 1 aliphatic heterocycles. The second-order valence-electron chi connectivity index (χ2n) is 6.88. The Labute approximate surface area is 158 Å². The van der Waals surface area contributed by atoms with Crippen LogP contribution in [0, 0.1) is 20.8 Å². The number of carbonyl (C=O) groups is 2. The minimum absolute atomic E-state index is 0.173. The van der Waals surface area contributed by atoms with E-state index in [-0.39, 0.29) is 19.1 Å². The summed E-state index contributed by atoms with van der Waals surface area (Å²) in [7, 11) is 0. The predicted octanol–water partition coefficient (Wildman–Crippen LogP) is 3.86. The van der Waals surface area contributed by atoms with Gasteiger partial charge in [-0.15, -0.1) is 0 Å². The molecule has 0 aliphatic carbocycles. The van der Waals surface area contributed by atoms with Crippen molar-refractivity contribution in [3.8, 4) is 11.5 Å². The molecule has 146 valence electrons.